The molecule has 1 N–H and O–H groups in total. The Balaban J connectivity index is 1.94. The van der Waals surface area contributed by atoms with Crippen LogP contribution in [-0.2, 0) is 11.3 Å². The number of imide groups is 1. The minimum atomic E-state index is -0.848. The zero-order valence-corrected chi connectivity index (χ0v) is 10.9. The van der Waals surface area contributed by atoms with Crippen molar-refractivity contribution in [2.75, 3.05) is 6.54 Å². The predicted molar refractivity (Wildman–Crippen MR) is 67.4 cm³/mol. The zero-order valence-electron chi connectivity index (χ0n) is 10.9. The average molecular weight is 264 g/mol. The Labute approximate surface area is 110 Å². The summed E-state index contributed by atoms with van der Waals surface area (Å²) in [5.74, 6) is -0.245. The Kier molecular flexibility index (Phi) is 3.37. The normalized spacial score (nSPS) is 17.7. The molecule has 1 aromatic rings. The molecule has 1 fully saturated rings. The first-order chi connectivity index (χ1) is 8.92. The van der Waals surface area contributed by atoms with Gasteiger partial charge in [-0.15, -0.1) is 0 Å². The minimum Gasteiger partial charge on any atom is -0.324 e. The molecule has 19 heavy (non-hydrogen) atoms. The third kappa shape index (κ3) is 2.64. The van der Waals surface area contributed by atoms with Crippen LogP contribution in [0, 0.1) is 0 Å². The summed E-state index contributed by atoms with van der Waals surface area (Å²) in [6.07, 6.45) is 2.02. The molecule has 1 aromatic heterocycles. The van der Waals surface area contributed by atoms with Crippen LogP contribution >= 0.6 is 0 Å². The third-order valence-corrected chi connectivity index (χ3v) is 2.98. The van der Waals surface area contributed by atoms with E-state index in [1.165, 1.54) is 21.8 Å². The Morgan fingerprint density at radius 1 is 1.26 bits per heavy atom. The highest BCUT2D eigenvalue weighted by Crippen LogP contribution is 2.16. The molecular weight excluding hydrogens is 248 g/mol. The van der Waals surface area contributed by atoms with E-state index in [1.54, 1.807) is 19.9 Å². The summed E-state index contributed by atoms with van der Waals surface area (Å²) in [7, 11) is 0. The first kappa shape index (κ1) is 13.3. The van der Waals surface area contributed by atoms with Crippen LogP contribution in [0.4, 0.5) is 4.79 Å². The lowest BCUT2D eigenvalue weighted by atomic mass is 10.1. The van der Waals surface area contributed by atoms with Crippen LogP contribution in [0.15, 0.2) is 23.1 Å². The molecule has 7 nitrogen and oxygen atoms in total. The topological polar surface area (TPSA) is 84.3 Å². The van der Waals surface area contributed by atoms with Gasteiger partial charge in [0.15, 0.2) is 0 Å². The van der Waals surface area contributed by atoms with Crippen molar-refractivity contribution >= 4 is 11.9 Å². The molecule has 0 bridgehead atoms. The highest BCUT2D eigenvalue weighted by Gasteiger charge is 2.43. The molecule has 1 aliphatic rings. The van der Waals surface area contributed by atoms with Gasteiger partial charge >= 0.3 is 6.03 Å². The molecule has 0 unspecified atom stereocenters. The average Bonchev–Trinajstić information content (AvgIpc) is 2.53. The number of carbonyl (C=O) groups excluding carboxylic acids is 2. The SMILES string of the molecule is CC1(C)NC(=O)N(CCCn2ncccc2=O)C1=O. The van der Waals surface area contributed by atoms with E-state index in [0.29, 0.717) is 13.0 Å². The molecule has 0 saturated carbocycles. The van der Waals surface area contributed by atoms with Crippen LogP contribution in [0.5, 0.6) is 0 Å². The van der Waals surface area contributed by atoms with Gasteiger partial charge in [0.2, 0.25) is 0 Å². The predicted octanol–water partition coefficient (Wildman–Crippen LogP) is -0.0362. The van der Waals surface area contributed by atoms with E-state index in [0.717, 1.165) is 0 Å². The van der Waals surface area contributed by atoms with Gasteiger partial charge in [-0.3, -0.25) is 14.5 Å². The van der Waals surface area contributed by atoms with Crippen molar-refractivity contribution in [2.24, 2.45) is 0 Å². The van der Waals surface area contributed by atoms with Crippen molar-refractivity contribution in [3.05, 3.63) is 28.7 Å². The summed E-state index contributed by atoms with van der Waals surface area (Å²) in [5.41, 5.74) is -1.04. The Hall–Kier alpha value is -2.18. The third-order valence-electron chi connectivity index (χ3n) is 2.98. The number of nitrogens with one attached hydrogen (secondary N) is 1. The highest BCUT2D eigenvalue weighted by molar-refractivity contribution is 6.06. The van der Waals surface area contributed by atoms with Crippen LogP contribution in [0.2, 0.25) is 0 Å². The Bertz CT molecular complexity index is 564. The van der Waals surface area contributed by atoms with E-state index >= 15 is 0 Å². The summed E-state index contributed by atoms with van der Waals surface area (Å²) < 4.78 is 1.31. The van der Waals surface area contributed by atoms with Gasteiger partial charge in [-0.1, -0.05) is 0 Å². The monoisotopic (exact) mass is 264 g/mol. The van der Waals surface area contributed by atoms with Crippen molar-refractivity contribution in [3.8, 4) is 0 Å². The number of aromatic nitrogens is 2. The second-order valence-corrected chi connectivity index (χ2v) is 4.95. The van der Waals surface area contributed by atoms with Crippen molar-refractivity contribution in [3.63, 3.8) is 0 Å². The fraction of sp³-hybridized carbons (Fsp3) is 0.500. The zero-order chi connectivity index (χ0) is 14.0. The van der Waals surface area contributed by atoms with E-state index in [4.69, 9.17) is 0 Å². The molecular formula is C12H16N4O3. The molecule has 102 valence electrons. The number of aryl methyl sites for hydroxylation is 1. The number of rotatable bonds is 4. The van der Waals surface area contributed by atoms with Gasteiger partial charge in [-0.2, -0.15) is 5.10 Å². The lowest BCUT2D eigenvalue weighted by molar-refractivity contribution is -0.130. The maximum Gasteiger partial charge on any atom is 0.325 e. The molecule has 7 heteroatoms. The van der Waals surface area contributed by atoms with Gasteiger partial charge in [0.25, 0.3) is 11.5 Å². The van der Waals surface area contributed by atoms with E-state index < -0.39 is 5.54 Å². The molecule has 2 heterocycles. The summed E-state index contributed by atoms with van der Waals surface area (Å²) in [6.45, 7) is 3.97. The standard InChI is InChI=1S/C12H16N4O3/c1-12(2)10(18)15(11(19)14-12)7-4-8-16-9(17)5-3-6-13-16/h3,5-6H,4,7-8H2,1-2H3,(H,14,19). The van der Waals surface area contributed by atoms with E-state index in [9.17, 15) is 14.4 Å². The first-order valence-electron chi connectivity index (χ1n) is 6.08. The van der Waals surface area contributed by atoms with Gasteiger partial charge in [0, 0.05) is 25.4 Å². The minimum absolute atomic E-state index is 0.194. The molecule has 1 saturated heterocycles. The van der Waals surface area contributed by atoms with Gasteiger partial charge < -0.3 is 5.32 Å². The second-order valence-electron chi connectivity index (χ2n) is 4.95. The summed E-state index contributed by atoms with van der Waals surface area (Å²) in [4.78, 5) is 36.1. The lowest BCUT2D eigenvalue weighted by Crippen LogP contribution is -2.40. The van der Waals surface area contributed by atoms with Crippen molar-refractivity contribution < 1.29 is 9.59 Å². The van der Waals surface area contributed by atoms with Crippen LogP contribution in [0.1, 0.15) is 20.3 Å². The number of carbonyl (C=O) groups is 2. The number of hydrogen-bond acceptors (Lipinski definition) is 4. The fourth-order valence-electron chi connectivity index (χ4n) is 1.95. The number of urea groups is 1. The quantitative estimate of drug-likeness (QED) is 0.774. The molecule has 0 atom stereocenters. The molecule has 1 aliphatic heterocycles. The molecule has 0 spiro atoms. The van der Waals surface area contributed by atoms with Gasteiger partial charge in [-0.05, 0) is 26.3 Å². The summed E-state index contributed by atoms with van der Waals surface area (Å²) in [5, 5.41) is 6.52. The van der Waals surface area contributed by atoms with Crippen LogP contribution in [0.25, 0.3) is 0 Å². The molecule has 0 aromatic carbocycles. The van der Waals surface area contributed by atoms with Gasteiger partial charge in [0.1, 0.15) is 5.54 Å². The molecule has 0 radical (unpaired) electrons. The van der Waals surface area contributed by atoms with E-state index in [1.807, 2.05) is 0 Å². The maximum atomic E-state index is 11.9. The van der Waals surface area contributed by atoms with Gasteiger partial charge in [0.05, 0.1) is 0 Å². The lowest BCUT2D eigenvalue weighted by Gasteiger charge is -2.15. The number of amides is 3. The van der Waals surface area contributed by atoms with E-state index in [-0.39, 0.29) is 24.0 Å². The van der Waals surface area contributed by atoms with Crippen LogP contribution in [-0.4, -0.2) is 38.7 Å². The Morgan fingerprint density at radius 2 is 2.00 bits per heavy atom. The Morgan fingerprint density at radius 3 is 2.58 bits per heavy atom. The van der Waals surface area contributed by atoms with Crippen molar-refractivity contribution in [1.82, 2.24) is 20.0 Å². The number of hydrogen-bond donors (Lipinski definition) is 1. The van der Waals surface area contributed by atoms with Crippen molar-refractivity contribution in [2.45, 2.75) is 32.4 Å². The summed E-state index contributed by atoms with van der Waals surface area (Å²) in [6, 6.07) is 2.60. The maximum absolute atomic E-state index is 11.9. The molecule has 0 aliphatic carbocycles. The molecule has 3 amide bonds. The van der Waals surface area contributed by atoms with Crippen LogP contribution in [0.3, 0.4) is 0 Å². The highest BCUT2D eigenvalue weighted by atomic mass is 16.2. The van der Waals surface area contributed by atoms with Crippen molar-refractivity contribution in [1.29, 1.82) is 0 Å². The summed E-state index contributed by atoms with van der Waals surface area (Å²) >= 11 is 0. The smallest absolute Gasteiger partial charge is 0.324 e. The molecule has 2 rings (SSSR count). The van der Waals surface area contributed by atoms with Gasteiger partial charge in [-0.25, -0.2) is 9.48 Å². The fourth-order valence-corrected chi connectivity index (χ4v) is 1.95. The van der Waals surface area contributed by atoms with Crippen LogP contribution < -0.4 is 10.9 Å². The first-order valence-corrected chi connectivity index (χ1v) is 6.08. The number of nitrogens with zero attached hydrogens (tertiary/aromatic N) is 3. The largest absolute Gasteiger partial charge is 0.325 e. The van der Waals surface area contributed by atoms with E-state index in [2.05, 4.69) is 10.4 Å². The second kappa shape index (κ2) is 4.83.